The molecule has 1 N–H and O–H groups in total. The molecule has 3 fully saturated rings. The van der Waals surface area contributed by atoms with Gasteiger partial charge in [-0.1, -0.05) is 0 Å². The molecule has 36 heavy (non-hydrogen) atoms. The Hall–Kier alpha value is -4.06. The van der Waals surface area contributed by atoms with Crippen LogP contribution < -0.4 is 15.1 Å². The number of carbonyl (C=O) groups excluding carboxylic acids is 1. The van der Waals surface area contributed by atoms with Gasteiger partial charge in [0.05, 0.1) is 25.1 Å². The molecule has 12 heteroatoms. The van der Waals surface area contributed by atoms with Crippen LogP contribution in [0.15, 0.2) is 30.6 Å². The number of aromatic nitrogens is 6. The summed E-state index contributed by atoms with van der Waals surface area (Å²) in [5.41, 5.74) is 3.17. The maximum absolute atomic E-state index is 13.0. The molecular weight excluding hydrogens is 460 g/mol. The number of nitrogens with one attached hydrogen (secondary N) is 1. The fraction of sp³-hybridized carbons (Fsp3) is 0.417. The number of ether oxygens (including phenoxy) is 1. The lowest BCUT2D eigenvalue weighted by atomic mass is 10.1. The van der Waals surface area contributed by atoms with Gasteiger partial charge in [0.1, 0.15) is 5.52 Å². The highest BCUT2D eigenvalue weighted by atomic mass is 16.5. The van der Waals surface area contributed by atoms with Crippen LogP contribution in [0.1, 0.15) is 12.8 Å². The Bertz CT molecular complexity index is 1480. The van der Waals surface area contributed by atoms with Gasteiger partial charge in [0.25, 0.3) is 0 Å². The first kappa shape index (κ1) is 21.2. The molecule has 1 saturated carbocycles. The van der Waals surface area contributed by atoms with Gasteiger partial charge in [-0.05, 0) is 31.0 Å². The maximum atomic E-state index is 13.0. The Balaban J connectivity index is 1.30. The van der Waals surface area contributed by atoms with Gasteiger partial charge >= 0.3 is 6.03 Å². The van der Waals surface area contributed by atoms with E-state index in [4.69, 9.17) is 14.8 Å². The highest BCUT2D eigenvalue weighted by Gasteiger charge is 2.40. The third-order valence-corrected chi connectivity index (χ3v) is 7.09. The van der Waals surface area contributed by atoms with E-state index in [1.54, 1.807) is 22.7 Å². The first-order valence-corrected chi connectivity index (χ1v) is 12.3. The normalized spacial score (nSPS) is 18.6. The zero-order valence-electron chi connectivity index (χ0n) is 20.0. The first-order valence-electron chi connectivity index (χ1n) is 12.3. The van der Waals surface area contributed by atoms with Crippen LogP contribution in [0.2, 0.25) is 0 Å². The molecule has 0 radical (unpaired) electrons. The van der Waals surface area contributed by atoms with Crippen LogP contribution in [0.3, 0.4) is 0 Å². The summed E-state index contributed by atoms with van der Waals surface area (Å²) < 4.78 is 7.27. The van der Waals surface area contributed by atoms with Gasteiger partial charge in [-0.2, -0.15) is 0 Å². The van der Waals surface area contributed by atoms with Crippen molar-refractivity contribution >= 4 is 39.9 Å². The number of hydrogen-bond donors (Lipinski definition) is 1. The van der Waals surface area contributed by atoms with Crippen molar-refractivity contribution in [1.29, 1.82) is 0 Å². The number of urea groups is 1. The molecule has 0 bridgehead atoms. The number of morpholine rings is 1. The summed E-state index contributed by atoms with van der Waals surface area (Å²) in [6, 6.07) is 6.31. The summed E-state index contributed by atoms with van der Waals surface area (Å²) in [7, 11) is 1.80. The molecule has 0 aromatic carbocycles. The largest absolute Gasteiger partial charge is 0.378 e. The summed E-state index contributed by atoms with van der Waals surface area (Å²) in [5, 5.41) is 17.5. The third-order valence-electron chi connectivity index (χ3n) is 7.09. The molecule has 184 valence electrons. The van der Waals surface area contributed by atoms with E-state index in [-0.39, 0.29) is 6.03 Å². The van der Waals surface area contributed by atoms with E-state index in [0.29, 0.717) is 42.1 Å². The second-order valence-electron chi connectivity index (χ2n) is 9.32. The topological polar surface area (TPSA) is 117 Å². The fourth-order valence-electron chi connectivity index (χ4n) is 5.00. The summed E-state index contributed by atoms with van der Waals surface area (Å²) in [5.74, 6) is 1.68. The first-order chi connectivity index (χ1) is 17.7. The van der Waals surface area contributed by atoms with E-state index in [0.717, 1.165) is 61.4 Å². The Labute approximate surface area is 206 Å². The predicted molar refractivity (Wildman–Crippen MR) is 134 cm³/mol. The van der Waals surface area contributed by atoms with E-state index in [1.165, 1.54) is 0 Å². The second kappa shape index (κ2) is 8.26. The van der Waals surface area contributed by atoms with Crippen LogP contribution in [0.25, 0.3) is 27.9 Å². The van der Waals surface area contributed by atoms with Gasteiger partial charge in [-0.15, -0.1) is 15.3 Å². The minimum atomic E-state index is -0.00269. The number of rotatable bonds is 5. The van der Waals surface area contributed by atoms with Crippen molar-refractivity contribution in [2.24, 2.45) is 0 Å². The Morgan fingerprint density at radius 2 is 1.94 bits per heavy atom. The monoisotopic (exact) mass is 486 g/mol. The zero-order chi connectivity index (χ0) is 24.2. The fourth-order valence-corrected chi connectivity index (χ4v) is 5.00. The number of hydrogen-bond acceptors (Lipinski definition) is 9. The van der Waals surface area contributed by atoms with Crippen molar-refractivity contribution in [1.82, 2.24) is 34.7 Å². The van der Waals surface area contributed by atoms with E-state index in [1.807, 2.05) is 23.2 Å². The molecule has 2 aliphatic heterocycles. The highest BCUT2D eigenvalue weighted by molar-refractivity contribution is 6.01. The second-order valence-corrected chi connectivity index (χ2v) is 9.32. The van der Waals surface area contributed by atoms with Crippen LogP contribution in [-0.4, -0.2) is 93.2 Å². The number of amides is 2. The highest BCUT2D eigenvalue weighted by Crippen LogP contribution is 2.34. The molecule has 0 spiro atoms. The van der Waals surface area contributed by atoms with E-state index in [2.05, 4.69) is 31.5 Å². The summed E-state index contributed by atoms with van der Waals surface area (Å²) in [4.78, 5) is 28.2. The van der Waals surface area contributed by atoms with Crippen LogP contribution in [0.4, 0.5) is 22.1 Å². The average molecular weight is 487 g/mol. The predicted octanol–water partition coefficient (Wildman–Crippen LogP) is 2.02. The van der Waals surface area contributed by atoms with Crippen LogP contribution >= 0.6 is 0 Å². The summed E-state index contributed by atoms with van der Waals surface area (Å²) in [6.07, 6.45) is 5.91. The summed E-state index contributed by atoms with van der Waals surface area (Å²) >= 11 is 0. The van der Waals surface area contributed by atoms with Crippen molar-refractivity contribution in [3.8, 4) is 11.4 Å². The number of carbonyl (C=O) groups is 1. The van der Waals surface area contributed by atoms with Crippen molar-refractivity contribution in [3.63, 3.8) is 0 Å². The van der Waals surface area contributed by atoms with Crippen LogP contribution in [-0.2, 0) is 4.74 Å². The van der Waals surface area contributed by atoms with E-state index < -0.39 is 0 Å². The van der Waals surface area contributed by atoms with Crippen molar-refractivity contribution in [2.45, 2.75) is 18.9 Å². The van der Waals surface area contributed by atoms with Crippen LogP contribution in [0.5, 0.6) is 0 Å². The Morgan fingerprint density at radius 1 is 1.08 bits per heavy atom. The SMILES string of the molecule is CNc1ncc(-c2nc3ccc(N4CCOCC4)cn3n2)c2cc(N3CCN(C4CC4)C3=O)nnc12. The van der Waals surface area contributed by atoms with Gasteiger partial charge in [-0.25, -0.2) is 19.3 Å². The number of anilines is 3. The van der Waals surface area contributed by atoms with Gasteiger partial charge in [0, 0.05) is 56.4 Å². The lowest BCUT2D eigenvalue weighted by Gasteiger charge is -2.28. The molecule has 0 atom stereocenters. The molecule has 2 amide bonds. The standard InChI is InChI=1S/C24H26N10O2/c1-25-23-21-17(12-20(28-29-21)33-7-6-32(24(33)35)15-2-3-15)18(13-26-23)22-27-19-5-4-16(14-34(19)30-22)31-8-10-36-11-9-31/h4-5,12-15H,2-3,6-11H2,1H3,(H,25,26). The lowest BCUT2D eigenvalue weighted by Crippen LogP contribution is -2.36. The quantitative estimate of drug-likeness (QED) is 0.452. The number of nitrogens with zero attached hydrogens (tertiary/aromatic N) is 9. The zero-order valence-corrected chi connectivity index (χ0v) is 20.0. The minimum absolute atomic E-state index is 0.00269. The maximum Gasteiger partial charge on any atom is 0.326 e. The lowest BCUT2D eigenvalue weighted by molar-refractivity contribution is 0.122. The van der Waals surface area contributed by atoms with Gasteiger partial charge < -0.3 is 19.9 Å². The van der Waals surface area contributed by atoms with Gasteiger partial charge in [-0.3, -0.25) is 4.90 Å². The van der Waals surface area contributed by atoms with E-state index >= 15 is 0 Å². The molecule has 7 rings (SSSR count). The number of fused-ring (bicyclic) bond motifs is 2. The molecule has 2 saturated heterocycles. The Kier molecular flexibility index (Phi) is 4.87. The molecular formula is C24H26N10O2. The van der Waals surface area contributed by atoms with E-state index in [9.17, 15) is 4.79 Å². The molecule has 4 aromatic rings. The number of pyridine rings is 2. The molecule has 6 heterocycles. The van der Waals surface area contributed by atoms with Gasteiger partial charge in [0.15, 0.2) is 23.1 Å². The molecule has 12 nitrogen and oxygen atoms in total. The molecule has 1 aliphatic carbocycles. The molecule has 3 aliphatic rings. The van der Waals surface area contributed by atoms with Crippen molar-refractivity contribution in [2.75, 3.05) is 61.6 Å². The van der Waals surface area contributed by atoms with Gasteiger partial charge in [0.2, 0.25) is 0 Å². The van der Waals surface area contributed by atoms with Crippen LogP contribution in [0, 0.1) is 0 Å². The average Bonchev–Trinajstić information content (AvgIpc) is 3.56. The summed E-state index contributed by atoms with van der Waals surface area (Å²) in [6.45, 7) is 4.46. The molecule has 4 aromatic heterocycles. The smallest absolute Gasteiger partial charge is 0.326 e. The third kappa shape index (κ3) is 3.48. The van der Waals surface area contributed by atoms with Crippen molar-refractivity contribution in [3.05, 3.63) is 30.6 Å². The molecule has 0 unspecified atom stereocenters. The van der Waals surface area contributed by atoms with Crippen molar-refractivity contribution < 1.29 is 9.53 Å². The Morgan fingerprint density at radius 3 is 2.75 bits per heavy atom. The minimum Gasteiger partial charge on any atom is -0.378 e.